The third kappa shape index (κ3) is 3.61. The van der Waals surface area contributed by atoms with Crippen LogP contribution in [0.5, 0.6) is 0 Å². The minimum Gasteiger partial charge on any atom is -0.399 e. The van der Waals surface area contributed by atoms with E-state index in [4.69, 9.17) is 33.7 Å². The summed E-state index contributed by atoms with van der Waals surface area (Å²) in [7, 11) is -3.99. The molecule has 118 valence electrons. The van der Waals surface area contributed by atoms with Crippen molar-refractivity contribution in [3.63, 3.8) is 0 Å². The first kappa shape index (κ1) is 16.8. The molecule has 1 fully saturated rings. The lowest BCUT2D eigenvalue weighted by Crippen LogP contribution is -2.54. The van der Waals surface area contributed by atoms with Gasteiger partial charge in [-0.2, -0.15) is 0 Å². The molecule has 9 heteroatoms. The minimum atomic E-state index is -3.99. The summed E-state index contributed by atoms with van der Waals surface area (Å²) in [5, 5.41) is 9.44. The van der Waals surface area contributed by atoms with Crippen LogP contribution in [0.2, 0.25) is 10.0 Å². The largest absolute Gasteiger partial charge is 0.399 e. The Hall–Kier alpha value is -0.570. The van der Waals surface area contributed by atoms with Gasteiger partial charge in [-0.1, -0.05) is 23.2 Å². The summed E-state index contributed by atoms with van der Waals surface area (Å²) in [6.45, 7) is 0.401. The van der Waals surface area contributed by atoms with Crippen molar-refractivity contribution in [1.82, 2.24) is 4.72 Å². The predicted octanol–water partition coefficient (Wildman–Crippen LogP) is 1.40. The van der Waals surface area contributed by atoms with Crippen LogP contribution < -0.4 is 10.5 Å². The lowest BCUT2D eigenvalue weighted by molar-refractivity contribution is 0.0223. The van der Waals surface area contributed by atoms with Gasteiger partial charge in [0.15, 0.2) is 0 Å². The number of nitrogens with one attached hydrogen (secondary N) is 1. The van der Waals surface area contributed by atoms with Crippen LogP contribution in [0.4, 0.5) is 5.69 Å². The van der Waals surface area contributed by atoms with E-state index in [1.54, 1.807) is 0 Å². The Balaban J connectivity index is 2.38. The fraction of sp³-hybridized carbons (Fsp3) is 0.500. The highest BCUT2D eigenvalue weighted by molar-refractivity contribution is 7.89. The summed E-state index contributed by atoms with van der Waals surface area (Å²) in [6, 6.07) is 2.63. The molecule has 1 aromatic carbocycles. The standard InChI is InChI=1S/C12H16Cl2N2O4S/c13-9-5-8(15)6-10(14)11(9)21(18,19)16-12(7-17)1-3-20-4-2-12/h5-6,16-17H,1-4,7,15H2. The number of nitrogens with two attached hydrogens (primary N) is 1. The van der Waals surface area contributed by atoms with E-state index < -0.39 is 15.6 Å². The molecule has 0 saturated carbocycles. The Kier molecular flexibility index (Phi) is 5.02. The number of halogens is 2. The molecular formula is C12H16Cl2N2O4S. The van der Waals surface area contributed by atoms with Crippen LogP contribution in [0.3, 0.4) is 0 Å². The summed E-state index contributed by atoms with van der Waals surface area (Å²) in [5.41, 5.74) is 4.87. The Bertz CT molecular complexity index is 607. The summed E-state index contributed by atoms with van der Waals surface area (Å²) in [6.07, 6.45) is 0.736. The van der Waals surface area contributed by atoms with Crippen molar-refractivity contribution in [2.75, 3.05) is 25.6 Å². The van der Waals surface area contributed by atoms with Crippen molar-refractivity contribution < 1.29 is 18.3 Å². The maximum absolute atomic E-state index is 12.5. The number of rotatable bonds is 4. The van der Waals surface area contributed by atoms with E-state index in [-0.39, 0.29) is 27.2 Å². The fourth-order valence-electron chi connectivity index (χ4n) is 2.23. The first-order chi connectivity index (χ1) is 9.80. The lowest BCUT2D eigenvalue weighted by Gasteiger charge is -2.36. The van der Waals surface area contributed by atoms with E-state index in [0.717, 1.165) is 0 Å². The van der Waals surface area contributed by atoms with E-state index in [1.807, 2.05) is 0 Å². The van der Waals surface area contributed by atoms with Gasteiger partial charge in [-0.25, -0.2) is 13.1 Å². The number of hydrogen-bond donors (Lipinski definition) is 3. The third-order valence-corrected chi connectivity index (χ3v) is 5.89. The van der Waals surface area contributed by atoms with Crippen LogP contribution in [0, 0.1) is 0 Å². The minimum absolute atomic E-state index is 0.0624. The number of anilines is 1. The van der Waals surface area contributed by atoms with E-state index in [9.17, 15) is 13.5 Å². The molecule has 6 nitrogen and oxygen atoms in total. The molecule has 0 atom stereocenters. The van der Waals surface area contributed by atoms with Crippen LogP contribution in [0.25, 0.3) is 0 Å². The first-order valence-corrected chi connectivity index (χ1v) is 8.51. The van der Waals surface area contributed by atoms with Gasteiger partial charge in [0, 0.05) is 18.9 Å². The number of ether oxygens (including phenoxy) is 1. The second-order valence-electron chi connectivity index (χ2n) is 4.97. The molecule has 0 bridgehead atoms. The normalized spacial score (nSPS) is 18.6. The van der Waals surface area contributed by atoms with Crippen molar-refractivity contribution in [3.05, 3.63) is 22.2 Å². The number of nitrogen functional groups attached to an aromatic ring is 1. The zero-order valence-corrected chi connectivity index (χ0v) is 13.4. The number of sulfonamides is 1. The summed E-state index contributed by atoms with van der Waals surface area (Å²) in [5.74, 6) is 0. The number of hydrogen-bond acceptors (Lipinski definition) is 5. The molecule has 1 aliphatic heterocycles. The van der Waals surface area contributed by atoms with Crippen LogP contribution in [0.1, 0.15) is 12.8 Å². The van der Waals surface area contributed by atoms with E-state index in [1.165, 1.54) is 12.1 Å². The molecule has 21 heavy (non-hydrogen) atoms. The number of aliphatic hydroxyl groups excluding tert-OH is 1. The molecule has 1 saturated heterocycles. The second kappa shape index (κ2) is 6.28. The van der Waals surface area contributed by atoms with E-state index in [2.05, 4.69) is 4.72 Å². The molecule has 0 aromatic heterocycles. The smallest absolute Gasteiger partial charge is 0.244 e. The maximum Gasteiger partial charge on any atom is 0.244 e. The summed E-state index contributed by atoms with van der Waals surface area (Å²) < 4.78 is 32.8. The third-order valence-electron chi connectivity index (χ3n) is 3.39. The highest BCUT2D eigenvalue weighted by atomic mass is 35.5. The topological polar surface area (TPSA) is 102 Å². The molecule has 0 spiro atoms. The monoisotopic (exact) mass is 354 g/mol. The molecule has 2 rings (SSSR count). The molecular weight excluding hydrogens is 339 g/mol. The van der Waals surface area contributed by atoms with Gasteiger partial charge >= 0.3 is 0 Å². The molecule has 0 aliphatic carbocycles. The number of aliphatic hydroxyl groups is 1. The average molecular weight is 355 g/mol. The van der Waals surface area contributed by atoms with Crippen molar-refractivity contribution in [2.24, 2.45) is 0 Å². The Morgan fingerprint density at radius 1 is 1.29 bits per heavy atom. The summed E-state index contributed by atoms with van der Waals surface area (Å²) >= 11 is 11.9. The van der Waals surface area contributed by atoms with Crippen LogP contribution >= 0.6 is 23.2 Å². The van der Waals surface area contributed by atoms with Gasteiger partial charge in [0.25, 0.3) is 0 Å². The van der Waals surface area contributed by atoms with Gasteiger partial charge in [-0.05, 0) is 25.0 Å². The van der Waals surface area contributed by atoms with E-state index >= 15 is 0 Å². The quantitative estimate of drug-likeness (QED) is 0.709. The highest BCUT2D eigenvalue weighted by Gasteiger charge is 2.37. The lowest BCUT2D eigenvalue weighted by atomic mass is 9.93. The van der Waals surface area contributed by atoms with Crippen molar-refractivity contribution in [3.8, 4) is 0 Å². The zero-order chi connectivity index (χ0) is 15.7. The van der Waals surface area contributed by atoms with Crippen molar-refractivity contribution in [2.45, 2.75) is 23.3 Å². The molecule has 4 N–H and O–H groups in total. The number of benzene rings is 1. The Morgan fingerprint density at radius 3 is 2.29 bits per heavy atom. The van der Waals surface area contributed by atoms with Crippen LogP contribution in [-0.4, -0.2) is 38.9 Å². The van der Waals surface area contributed by atoms with Gasteiger partial charge in [-0.15, -0.1) is 0 Å². The highest BCUT2D eigenvalue weighted by Crippen LogP contribution is 2.33. The summed E-state index contributed by atoms with van der Waals surface area (Å²) in [4.78, 5) is -0.237. The molecule has 0 unspecified atom stereocenters. The fourth-order valence-corrected chi connectivity index (χ4v) is 4.91. The first-order valence-electron chi connectivity index (χ1n) is 6.27. The van der Waals surface area contributed by atoms with Gasteiger partial charge in [0.1, 0.15) is 4.90 Å². The Morgan fingerprint density at radius 2 is 1.81 bits per heavy atom. The van der Waals surface area contributed by atoms with Crippen LogP contribution in [-0.2, 0) is 14.8 Å². The van der Waals surface area contributed by atoms with E-state index in [0.29, 0.717) is 26.1 Å². The molecule has 1 heterocycles. The SMILES string of the molecule is Nc1cc(Cl)c(S(=O)(=O)NC2(CO)CCOCC2)c(Cl)c1. The van der Waals surface area contributed by atoms with Gasteiger partial charge in [0.05, 0.1) is 22.2 Å². The molecule has 0 amide bonds. The maximum atomic E-state index is 12.5. The molecule has 1 aliphatic rings. The van der Waals surface area contributed by atoms with Crippen molar-refractivity contribution in [1.29, 1.82) is 0 Å². The van der Waals surface area contributed by atoms with Crippen molar-refractivity contribution >= 4 is 38.9 Å². The molecule has 1 aromatic rings. The van der Waals surface area contributed by atoms with Gasteiger partial charge in [-0.3, -0.25) is 0 Å². The average Bonchev–Trinajstić information content (AvgIpc) is 2.37. The second-order valence-corrected chi connectivity index (χ2v) is 7.40. The van der Waals surface area contributed by atoms with Gasteiger partial charge < -0.3 is 15.6 Å². The predicted molar refractivity (Wildman–Crippen MR) is 81.1 cm³/mol. The van der Waals surface area contributed by atoms with Gasteiger partial charge in [0.2, 0.25) is 10.0 Å². The Labute approximate surface area is 133 Å². The van der Waals surface area contributed by atoms with Crippen LogP contribution in [0.15, 0.2) is 17.0 Å². The molecule has 0 radical (unpaired) electrons. The zero-order valence-electron chi connectivity index (χ0n) is 11.1.